The van der Waals surface area contributed by atoms with Gasteiger partial charge in [-0.25, -0.2) is 0 Å². The zero-order valence-electron chi connectivity index (χ0n) is 13.4. The van der Waals surface area contributed by atoms with Gasteiger partial charge in [0, 0.05) is 6.42 Å². The van der Waals surface area contributed by atoms with Crippen LogP contribution in [-0.2, 0) is 11.2 Å². The average Bonchev–Trinajstić information content (AvgIpc) is 2.50. The van der Waals surface area contributed by atoms with Gasteiger partial charge in [-0.2, -0.15) is 0 Å². The number of nitrogens with one attached hydrogen (secondary N) is 1. The van der Waals surface area contributed by atoms with E-state index in [9.17, 15) is 4.79 Å². The maximum absolute atomic E-state index is 12.1. The highest BCUT2D eigenvalue weighted by Crippen LogP contribution is 2.23. The highest BCUT2D eigenvalue weighted by Gasteiger charge is 2.13. The van der Waals surface area contributed by atoms with Gasteiger partial charge in [0.1, 0.15) is 5.75 Å². The first-order valence-electron chi connectivity index (χ1n) is 7.36. The predicted molar refractivity (Wildman–Crippen MR) is 97.2 cm³/mol. The first kappa shape index (κ1) is 18.8. The Labute approximate surface area is 143 Å². The van der Waals surface area contributed by atoms with Crippen LogP contribution < -0.4 is 15.8 Å². The molecule has 0 saturated carbocycles. The van der Waals surface area contributed by atoms with Crippen molar-refractivity contribution in [2.24, 2.45) is 5.92 Å². The van der Waals surface area contributed by atoms with Crippen molar-refractivity contribution in [3.05, 3.63) is 54.1 Å². The number of amides is 1. The molecule has 1 atom stereocenters. The topological polar surface area (TPSA) is 64.3 Å². The normalized spacial score (nSPS) is 11.2. The number of ether oxygens (including phenoxy) is 1. The number of carbonyl (C=O) groups excluding carboxylic acids is 1. The Bertz CT molecular complexity index is 646. The molecule has 0 heterocycles. The highest BCUT2D eigenvalue weighted by atomic mass is 35.5. The molecule has 0 aliphatic heterocycles. The van der Waals surface area contributed by atoms with Crippen molar-refractivity contribution in [3.63, 3.8) is 0 Å². The summed E-state index contributed by atoms with van der Waals surface area (Å²) in [6.07, 6.45) is 1.23. The van der Waals surface area contributed by atoms with Crippen LogP contribution >= 0.6 is 12.4 Å². The Morgan fingerprint density at radius 3 is 2.52 bits per heavy atom. The number of nitrogen functional groups attached to an aromatic ring is 1. The Balaban J connectivity index is 0.00000264. The van der Waals surface area contributed by atoms with Gasteiger partial charge in [-0.3, -0.25) is 4.79 Å². The Hall–Kier alpha value is -2.20. The van der Waals surface area contributed by atoms with Gasteiger partial charge in [0.25, 0.3) is 0 Å². The van der Waals surface area contributed by atoms with Gasteiger partial charge in [-0.05, 0) is 36.1 Å². The summed E-state index contributed by atoms with van der Waals surface area (Å²) in [5, 5.41) is 2.86. The number of hydrogen-bond donors (Lipinski definition) is 2. The third kappa shape index (κ3) is 5.49. The highest BCUT2D eigenvalue weighted by molar-refractivity contribution is 5.93. The van der Waals surface area contributed by atoms with Crippen molar-refractivity contribution in [1.29, 1.82) is 0 Å². The molecule has 0 aliphatic carbocycles. The number of rotatable bonds is 6. The van der Waals surface area contributed by atoms with Crippen LogP contribution in [0.1, 0.15) is 18.9 Å². The number of hydrogen-bond acceptors (Lipinski definition) is 3. The molecule has 2 aromatic carbocycles. The van der Waals surface area contributed by atoms with Crippen molar-refractivity contribution in [2.75, 3.05) is 18.2 Å². The number of anilines is 2. The molecule has 1 unspecified atom stereocenters. The summed E-state index contributed by atoms with van der Waals surface area (Å²) < 4.78 is 5.35. The summed E-state index contributed by atoms with van der Waals surface area (Å²) in [5.41, 5.74) is 8.19. The van der Waals surface area contributed by atoms with Gasteiger partial charge >= 0.3 is 0 Å². The van der Waals surface area contributed by atoms with Gasteiger partial charge in [0.15, 0.2) is 0 Å². The van der Waals surface area contributed by atoms with E-state index >= 15 is 0 Å². The predicted octanol–water partition coefficient (Wildman–Crippen LogP) is 3.91. The van der Waals surface area contributed by atoms with E-state index in [1.165, 1.54) is 0 Å². The fourth-order valence-electron chi connectivity index (χ4n) is 2.45. The van der Waals surface area contributed by atoms with E-state index in [0.29, 0.717) is 17.8 Å². The summed E-state index contributed by atoms with van der Waals surface area (Å²) in [6.45, 7) is 2.06. The number of methoxy groups -OCH3 is 1. The molecule has 0 spiro atoms. The Kier molecular flexibility index (Phi) is 7.42. The maximum Gasteiger partial charge on any atom is 0.224 e. The second kappa shape index (κ2) is 9.06. The van der Waals surface area contributed by atoms with E-state index < -0.39 is 0 Å². The van der Waals surface area contributed by atoms with Gasteiger partial charge in [0.05, 0.1) is 18.5 Å². The third-order valence-electron chi connectivity index (χ3n) is 3.53. The summed E-state index contributed by atoms with van der Waals surface area (Å²) in [7, 11) is 1.66. The molecule has 0 aliphatic rings. The second-order valence-corrected chi connectivity index (χ2v) is 5.46. The minimum atomic E-state index is -0.0275. The number of benzene rings is 2. The van der Waals surface area contributed by atoms with Crippen LogP contribution in [0.25, 0.3) is 0 Å². The van der Waals surface area contributed by atoms with Gasteiger partial charge < -0.3 is 15.8 Å². The zero-order valence-corrected chi connectivity index (χ0v) is 14.2. The van der Waals surface area contributed by atoms with Crippen LogP contribution in [0.5, 0.6) is 5.75 Å². The minimum absolute atomic E-state index is 0. The SMILES string of the molecule is COc1ccccc1CC(C)CC(=O)Nc1ccccc1N.Cl. The molecule has 2 aromatic rings. The Morgan fingerprint density at radius 1 is 1.17 bits per heavy atom. The van der Waals surface area contributed by atoms with Gasteiger partial charge in [0.2, 0.25) is 5.91 Å². The lowest BCUT2D eigenvalue weighted by atomic mass is 9.97. The number of carbonyl (C=O) groups is 1. The smallest absolute Gasteiger partial charge is 0.224 e. The molecule has 0 aromatic heterocycles. The van der Waals surface area contributed by atoms with E-state index in [-0.39, 0.29) is 24.2 Å². The number of nitrogens with two attached hydrogens (primary N) is 1. The van der Waals surface area contributed by atoms with Crippen LogP contribution in [0, 0.1) is 5.92 Å². The average molecular weight is 335 g/mol. The molecule has 124 valence electrons. The van der Waals surface area contributed by atoms with E-state index in [0.717, 1.165) is 17.7 Å². The first-order chi connectivity index (χ1) is 10.6. The van der Waals surface area contributed by atoms with Crippen molar-refractivity contribution in [2.45, 2.75) is 19.8 Å². The van der Waals surface area contributed by atoms with Crippen LogP contribution in [0.2, 0.25) is 0 Å². The van der Waals surface area contributed by atoms with E-state index in [4.69, 9.17) is 10.5 Å². The van der Waals surface area contributed by atoms with Gasteiger partial charge in [-0.15, -0.1) is 12.4 Å². The standard InChI is InChI=1S/C18H22N2O2.ClH/c1-13(11-14-7-3-6-10-17(14)22-2)12-18(21)20-16-9-5-4-8-15(16)19;/h3-10,13H,11-12,19H2,1-2H3,(H,20,21);1H. The molecular formula is C18H23ClN2O2. The largest absolute Gasteiger partial charge is 0.496 e. The van der Waals surface area contributed by atoms with E-state index in [1.54, 1.807) is 19.2 Å². The lowest BCUT2D eigenvalue weighted by molar-refractivity contribution is -0.116. The van der Waals surface area contributed by atoms with Crippen LogP contribution in [-0.4, -0.2) is 13.0 Å². The van der Waals surface area contributed by atoms with Crippen LogP contribution in [0.3, 0.4) is 0 Å². The first-order valence-corrected chi connectivity index (χ1v) is 7.36. The summed E-state index contributed by atoms with van der Waals surface area (Å²) >= 11 is 0. The van der Waals surface area contributed by atoms with Crippen LogP contribution in [0.4, 0.5) is 11.4 Å². The monoisotopic (exact) mass is 334 g/mol. The number of halogens is 1. The molecule has 3 N–H and O–H groups in total. The lowest BCUT2D eigenvalue weighted by Gasteiger charge is -2.14. The van der Waals surface area contributed by atoms with Crippen molar-refractivity contribution in [1.82, 2.24) is 0 Å². The van der Waals surface area contributed by atoms with Crippen molar-refractivity contribution >= 4 is 29.7 Å². The van der Waals surface area contributed by atoms with Crippen molar-refractivity contribution in [3.8, 4) is 5.75 Å². The third-order valence-corrected chi connectivity index (χ3v) is 3.53. The molecule has 23 heavy (non-hydrogen) atoms. The molecule has 5 heteroatoms. The summed E-state index contributed by atoms with van der Waals surface area (Å²) in [4.78, 5) is 12.1. The zero-order chi connectivity index (χ0) is 15.9. The maximum atomic E-state index is 12.1. The lowest BCUT2D eigenvalue weighted by Crippen LogP contribution is -2.17. The fourth-order valence-corrected chi connectivity index (χ4v) is 2.45. The molecule has 0 fully saturated rings. The van der Waals surface area contributed by atoms with Gasteiger partial charge in [-0.1, -0.05) is 37.3 Å². The number of para-hydroxylation sites is 3. The van der Waals surface area contributed by atoms with E-state index in [1.807, 2.05) is 36.4 Å². The molecule has 1 amide bonds. The molecule has 0 radical (unpaired) electrons. The van der Waals surface area contributed by atoms with Crippen LogP contribution in [0.15, 0.2) is 48.5 Å². The fraction of sp³-hybridized carbons (Fsp3) is 0.278. The van der Waals surface area contributed by atoms with E-state index in [2.05, 4.69) is 12.2 Å². The molecule has 2 rings (SSSR count). The minimum Gasteiger partial charge on any atom is -0.496 e. The quantitative estimate of drug-likeness (QED) is 0.787. The second-order valence-electron chi connectivity index (χ2n) is 5.46. The molecule has 0 saturated heterocycles. The Morgan fingerprint density at radius 2 is 1.83 bits per heavy atom. The molecule has 4 nitrogen and oxygen atoms in total. The van der Waals surface area contributed by atoms with Crippen molar-refractivity contribution < 1.29 is 9.53 Å². The molecule has 0 bridgehead atoms. The summed E-state index contributed by atoms with van der Waals surface area (Å²) in [5.74, 6) is 1.04. The molecular weight excluding hydrogens is 312 g/mol. The summed E-state index contributed by atoms with van der Waals surface area (Å²) in [6, 6.07) is 15.2.